The first-order chi connectivity index (χ1) is 20.8. The number of phenols is 4. The van der Waals surface area contributed by atoms with Gasteiger partial charge >= 0.3 is 0 Å². The van der Waals surface area contributed by atoms with Gasteiger partial charge in [-0.25, -0.2) is 0 Å². The van der Waals surface area contributed by atoms with E-state index in [4.69, 9.17) is 23.4 Å². The minimum Gasteiger partial charge on any atom is -0.508 e. The summed E-state index contributed by atoms with van der Waals surface area (Å²) < 4.78 is 27.6. The molecule has 10 atom stereocenters. The van der Waals surface area contributed by atoms with E-state index >= 15 is 0 Å². The number of aliphatic hydroxyl groups is 7. The first kappa shape index (κ1) is 31.7. The SMILES string of the molecule is O=c1c(O[C@H]2O[C@@H](CO[C@@H]3O[C@H](CO)[C@@H](O)[C@H](O)[C@H]3O)[C@@H](O)[C@@H](O)[C@@H]2O)c(-c2ccc(O)c(O)c2)oc2cc(O)cc(O)c12. The molecule has 2 aliphatic rings. The van der Waals surface area contributed by atoms with Gasteiger partial charge < -0.3 is 79.5 Å². The van der Waals surface area contributed by atoms with Crippen molar-refractivity contribution in [3.8, 4) is 40.1 Å². The zero-order valence-electron chi connectivity index (χ0n) is 22.4. The number of ether oxygens (including phenoxy) is 4. The highest BCUT2D eigenvalue weighted by atomic mass is 16.7. The van der Waals surface area contributed by atoms with Gasteiger partial charge in [0.25, 0.3) is 0 Å². The number of hydrogen-bond acceptors (Lipinski definition) is 17. The summed E-state index contributed by atoms with van der Waals surface area (Å²) in [6, 6.07) is 5.17. The third-order valence-electron chi connectivity index (χ3n) is 7.33. The molecule has 0 radical (unpaired) electrons. The van der Waals surface area contributed by atoms with Crippen molar-refractivity contribution >= 4 is 11.0 Å². The Morgan fingerprint density at radius 3 is 2.00 bits per heavy atom. The van der Waals surface area contributed by atoms with Gasteiger partial charge in [0.2, 0.25) is 17.5 Å². The second-order valence-electron chi connectivity index (χ2n) is 10.3. The van der Waals surface area contributed by atoms with Crippen LogP contribution in [0.3, 0.4) is 0 Å². The van der Waals surface area contributed by atoms with E-state index in [0.29, 0.717) is 0 Å². The highest BCUT2D eigenvalue weighted by Crippen LogP contribution is 2.39. The lowest BCUT2D eigenvalue weighted by molar-refractivity contribution is -0.323. The number of rotatable bonds is 7. The molecule has 0 unspecified atom stereocenters. The van der Waals surface area contributed by atoms with Crippen LogP contribution in [0.2, 0.25) is 0 Å². The van der Waals surface area contributed by atoms with Crippen LogP contribution in [0.15, 0.2) is 39.5 Å². The van der Waals surface area contributed by atoms with Crippen LogP contribution in [0.4, 0.5) is 0 Å². The number of phenolic OH excluding ortho intramolecular Hbond substituents is 4. The van der Waals surface area contributed by atoms with E-state index in [1.165, 1.54) is 6.07 Å². The fourth-order valence-corrected chi connectivity index (χ4v) is 4.89. The van der Waals surface area contributed by atoms with Gasteiger partial charge in [0.1, 0.15) is 71.3 Å². The van der Waals surface area contributed by atoms with E-state index in [9.17, 15) is 61.0 Å². The Morgan fingerprint density at radius 1 is 0.705 bits per heavy atom. The van der Waals surface area contributed by atoms with Crippen molar-refractivity contribution in [2.24, 2.45) is 0 Å². The zero-order chi connectivity index (χ0) is 32.0. The average Bonchev–Trinajstić information content (AvgIpc) is 2.98. The second kappa shape index (κ2) is 12.3. The minimum absolute atomic E-state index is 0.0504. The molecular weight excluding hydrogens is 596 g/mol. The first-order valence-electron chi connectivity index (χ1n) is 13.2. The van der Waals surface area contributed by atoms with Crippen molar-refractivity contribution in [1.29, 1.82) is 0 Å². The van der Waals surface area contributed by atoms with Crippen molar-refractivity contribution in [2.75, 3.05) is 13.2 Å². The minimum atomic E-state index is -2.00. The van der Waals surface area contributed by atoms with Crippen molar-refractivity contribution < 1.29 is 79.5 Å². The maximum atomic E-state index is 13.6. The molecule has 5 rings (SSSR count). The smallest absolute Gasteiger partial charge is 0.239 e. The Kier molecular flexibility index (Phi) is 8.87. The predicted octanol–water partition coefficient (Wildman–Crippen LogP) is -2.71. The molecule has 3 aromatic rings. The molecule has 3 heterocycles. The van der Waals surface area contributed by atoms with Crippen LogP contribution in [-0.2, 0) is 14.2 Å². The maximum absolute atomic E-state index is 13.6. The monoisotopic (exact) mass is 626 g/mol. The fraction of sp³-hybridized carbons (Fsp3) is 0.444. The highest BCUT2D eigenvalue weighted by Gasteiger charge is 2.48. The maximum Gasteiger partial charge on any atom is 0.239 e. The predicted molar refractivity (Wildman–Crippen MR) is 142 cm³/mol. The average molecular weight is 627 g/mol. The molecule has 11 N–H and O–H groups in total. The summed E-state index contributed by atoms with van der Waals surface area (Å²) >= 11 is 0. The van der Waals surface area contributed by atoms with E-state index in [-0.39, 0.29) is 11.1 Å². The third kappa shape index (κ3) is 5.73. The van der Waals surface area contributed by atoms with E-state index < -0.39 is 120 Å². The summed E-state index contributed by atoms with van der Waals surface area (Å²) in [5.41, 5.74) is -1.41. The topological polar surface area (TPSA) is 290 Å². The van der Waals surface area contributed by atoms with E-state index in [1.54, 1.807) is 0 Å². The molecule has 2 aromatic carbocycles. The van der Waals surface area contributed by atoms with Crippen LogP contribution in [-0.4, -0.2) is 131 Å². The number of fused-ring (bicyclic) bond motifs is 1. The number of aromatic hydroxyl groups is 4. The molecule has 0 saturated carbocycles. The van der Waals surface area contributed by atoms with Crippen molar-refractivity contribution in [3.63, 3.8) is 0 Å². The van der Waals surface area contributed by atoms with E-state index in [0.717, 1.165) is 24.3 Å². The van der Waals surface area contributed by atoms with Gasteiger partial charge in [0.15, 0.2) is 23.5 Å². The van der Waals surface area contributed by atoms with Gasteiger partial charge in [0.05, 0.1) is 13.2 Å². The molecule has 2 aliphatic heterocycles. The number of benzene rings is 2. The first-order valence-corrected chi connectivity index (χ1v) is 13.2. The summed E-state index contributed by atoms with van der Waals surface area (Å²) in [6.45, 7) is -1.42. The Hall–Kier alpha value is -3.75. The van der Waals surface area contributed by atoms with Crippen molar-refractivity contribution in [1.82, 2.24) is 0 Å². The Bertz CT molecular complexity index is 1560. The molecule has 1 aromatic heterocycles. The quantitative estimate of drug-likeness (QED) is 0.119. The zero-order valence-corrected chi connectivity index (χ0v) is 22.4. The van der Waals surface area contributed by atoms with Gasteiger partial charge in [-0.3, -0.25) is 4.79 Å². The van der Waals surface area contributed by atoms with Gasteiger partial charge in [-0.1, -0.05) is 0 Å². The Labute approximate surface area is 246 Å². The summed E-state index contributed by atoms with van der Waals surface area (Å²) in [5.74, 6) is -3.44. The molecule has 0 bridgehead atoms. The van der Waals surface area contributed by atoms with Crippen LogP contribution in [0.1, 0.15) is 0 Å². The summed E-state index contributed by atoms with van der Waals surface area (Å²) in [7, 11) is 0. The van der Waals surface area contributed by atoms with Crippen LogP contribution >= 0.6 is 0 Å². The molecule has 17 heteroatoms. The molecule has 44 heavy (non-hydrogen) atoms. The van der Waals surface area contributed by atoms with Gasteiger partial charge in [-0.05, 0) is 18.2 Å². The van der Waals surface area contributed by atoms with E-state index in [2.05, 4.69) is 0 Å². The van der Waals surface area contributed by atoms with Crippen molar-refractivity contribution in [3.05, 3.63) is 40.6 Å². The molecule has 240 valence electrons. The molecule has 0 aliphatic carbocycles. The van der Waals surface area contributed by atoms with Crippen LogP contribution < -0.4 is 10.2 Å². The molecule has 0 spiro atoms. The largest absolute Gasteiger partial charge is 0.508 e. The fourth-order valence-electron chi connectivity index (χ4n) is 4.89. The Morgan fingerprint density at radius 2 is 1.34 bits per heavy atom. The van der Waals surface area contributed by atoms with E-state index in [1.807, 2.05) is 0 Å². The molecule has 0 amide bonds. The molecule has 2 saturated heterocycles. The van der Waals surface area contributed by atoms with Crippen LogP contribution in [0, 0.1) is 0 Å². The number of hydrogen-bond donors (Lipinski definition) is 11. The number of aliphatic hydroxyl groups excluding tert-OH is 7. The summed E-state index contributed by atoms with van der Waals surface area (Å²) in [6.07, 6.45) is -17.4. The second-order valence-corrected chi connectivity index (χ2v) is 10.3. The third-order valence-corrected chi connectivity index (χ3v) is 7.33. The lowest BCUT2D eigenvalue weighted by Gasteiger charge is -2.42. The molecular formula is C27H30O17. The van der Waals surface area contributed by atoms with Crippen molar-refractivity contribution in [2.45, 2.75) is 61.4 Å². The lowest BCUT2D eigenvalue weighted by atomic mass is 9.98. The normalized spacial score (nSPS) is 32.5. The summed E-state index contributed by atoms with van der Waals surface area (Å²) in [4.78, 5) is 13.6. The summed E-state index contributed by atoms with van der Waals surface area (Å²) in [5, 5.41) is 111. The van der Waals surface area contributed by atoms with Crippen LogP contribution in [0.25, 0.3) is 22.3 Å². The van der Waals surface area contributed by atoms with Crippen LogP contribution in [0.5, 0.6) is 28.7 Å². The molecule has 2 fully saturated rings. The highest BCUT2D eigenvalue weighted by molar-refractivity contribution is 5.88. The molecule has 17 nitrogen and oxygen atoms in total. The lowest BCUT2D eigenvalue weighted by Crippen LogP contribution is -2.62. The Balaban J connectivity index is 1.47. The standard InChI is InChI=1S/C27H30O17/c28-6-14-17(33)20(36)22(38)26(42-14)40-7-15-18(34)21(37)23(39)27(43-15)44-25-19(35)16-12(32)4-9(29)5-13(16)41-24(25)8-1-2-10(30)11(31)3-8/h1-5,14-15,17-18,20-23,26-34,36-39H,6-7H2/t14-,15+,17-,18-,20+,21-,22-,23+,26-,27-/m1/s1. The van der Waals surface area contributed by atoms with Gasteiger partial charge in [0, 0.05) is 17.7 Å². The van der Waals surface area contributed by atoms with Gasteiger partial charge in [-0.15, -0.1) is 0 Å². The van der Waals surface area contributed by atoms with Gasteiger partial charge in [-0.2, -0.15) is 0 Å².